The monoisotopic (exact) mass is 254 g/mol. The molecule has 2 rings (SSSR count). The summed E-state index contributed by atoms with van der Waals surface area (Å²) in [4.78, 5) is 10.1. The molecule has 0 spiro atoms. The summed E-state index contributed by atoms with van der Waals surface area (Å²) in [6.07, 6.45) is 4.29. The summed E-state index contributed by atoms with van der Waals surface area (Å²) in [5, 5.41) is -0.195. The molecule has 0 fully saturated rings. The number of hydrogen-bond acceptors (Lipinski definition) is 6. The molecule has 0 atom stereocenters. The van der Waals surface area contributed by atoms with Gasteiger partial charge in [-0.1, -0.05) is 0 Å². The maximum absolute atomic E-state index is 12.0. The number of hydrogen-bond donors (Lipinski definition) is 4. The summed E-state index contributed by atoms with van der Waals surface area (Å²) in [6.45, 7) is 0. The number of rotatable bonds is 4. The van der Waals surface area contributed by atoms with Gasteiger partial charge in [-0.3, -0.25) is 5.84 Å². The molecule has 0 unspecified atom stereocenters. The Morgan fingerprint density at radius 3 is 2.76 bits per heavy atom. The van der Waals surface area contributed by atoms with Crippen molar-refractivity contribution in [2.75, 3.05) is 10.1 Å². The van der Waals surface area contributed by atoms with Crippen LogP contribution >= 0.6 is 0 Å². The van der Waals surface area contributed by atoms with Crippen LogP contribution in [0.4, 0.5) is 11.6 Å². The Hall–Kier alpha value is -2.13. The number of nitrogens with zero attached hydrogens (tertiary/aromatic N) is 2. The third-order valence-corrected chi connectivity index (χ3v) is 3.21. The summed E-state index contributed by atoms with van der Waals surface area (Å²) in [5.41, 5.74) is 2.47. The van der Waals surface area contributed by atoms with Crippen LogP contribution in [0.3, 0.4) is 0 Å². The molecule has 0 saturated heterocycles. The first-order valence-electron chi connectivity index (χ1n) is 4.57. The van der Waals surface area contributed by atoms with Gasteiger partial charge in [0.15, 0.2) is 0 Å². The van der Waals surface area contributed by atoms with Crippen LogP contribution in [0.15, 0.2) is 35.7 Å². The quantitative estimate of drug-likeness (QED) is 0.445. The topological polar surface area (TPSA) is 126 Å². The molecule has 2 heterocycles. The van der Waals surface area contributed by atoms with Gasteiger partial charge in [0, 0.05) is 18.6 Å². The van der Waals surface area contributed by atoms with Crippen molar-refractivity contribution in [3.8, 4) is 0 Å². The van der Waals surface area contributed by atoms with E-state index in [-0.39, 0.29) is 16.7 Å². The molecular formula is C8H10N6O2S. The molecule has 8 nitrogen and oxygen atoms in total. The summed E-state index contributed by atoms with van der Waals surface area (Å²) in [5.74, 6) is 5.32. The van der Waals surface area contributed by atoms with Gasteiger partial charge >= 0.3 is 0 Å². The summed E-state index contributed by atoms with van der Waals surface area (Å²) >= 11 is 0. The molecule has 9 heteroatoms. The maximum atomic E-state index is 12.0. The van der Waals surface area contributed by atoms with E-state index in [4.69, 9.17) is 5.84 Å². The average Bonchev–Trinajstić information content (AvgIpc) is 2.81. The van der Waals surface area contributed by atoms with Crippen LogP contribution in [0.25, 0.3) is 0 Å². The maximum Gasteiger partial charge on any atom is 0.283 e. The highest BCUT2D eigenvalue weighted by molar-refractivity contribution is 7.92. The lowest BCUT2D eigenvalue weighted by Gasteiger charge is -2.08. The molecule has 0 amide bonds. The van der Waals surface area contributed by atoms with Gasteiger partial charge in [-0.05, 0) is 12.1 Å². The fraction of sp³-hybridized carbons (Fsp3) is 0. The van der Waals surface area contributed by atoms with Gasteiger partial charge in [-0.15, -0.1) is 0 Å². The standard InChI is InChI=1S/C8H10N6O2S/c9-13-6-2-1-3-10-7(6)17(15,16)14-8-11-4-5-12-8/h1-5,13H,9H2,(H2,11,12,14). The molecule has 0 aliphatic carbocycles. The van der Waals surface area contributed by atoms with Crippen LogP contribution in [0, 0.1) is 0 Å². The molecule has 0 aliphatic rings. The van der Waals surface area contributed by atoms with Gasteiger partial charge in [-0.2, -0.15) is 8.42 Å². The number of nitrogen functional groups attached to an aromatic ring is 1. The smallest absolute Gasteiger partial charge is 0.283 e. The Kier molecular flexibility index (Phi) is 2.93. The minimum Gasteiger partial charge on any atom is -0.330 e. The Bertz CT molecular complexity index is 594. The van der Waals surface area contributed by atoms with Gasteiger partial charge in [0.25, 0.3) is 10.0 Å². The van der Waals surface area contributed by atoms with Crippen molar-refractivity contribution in [2.45, 2.75) is 5.03 Å². The van der Waals surface area contributed by atoms with E-state index in [1.807, 2.05) is 0 Å². The number of aromatic nitrogens is 3. The number of aromatic amines is 1. The minimum atomic E-state index is -3.82. The largest absolute Gasteiger partial charge is 0.330 e. The van der Waals surface area contributed by atoms with Gasteiger partial charge in [-0.25, -0.2) is 14.7 Å². The Labute approximate surface area is 97.3 Å². The highest BCUT2D eigenvalue weighted by atomic mass is 32.2. The zero-order valence-corrected chi connectivity index (χ0v) is 9.40. The number of anilines is 2. The molecule has 0 aromatic carbocycles. The van der Waals surface area contributed by atoms with Crippen LogP contribution in [0.2, 0.25) is 0 Å². The van der Waals surface area contributed by atoms with Gasteiger partial charge in [0.05, 0.1) is 5.69 Å². The number of H-pyrrole nitrogens is 1. The number of nitrogens with two attached hydrogens (primary N) is 1. The van der Waals surface area contributed by atoms with E-state index < -0.39 is 10.0 Å². The minimum absolute atomic E-state index is 0.110. The molecule has 5 N–H and O–H groups in total. The van der Waals surface area contributed by atoms with Crippen LogP contribution < -0.4 is 16.0 Å². The predicted molar refractivity (Wildman–Crippen MR) is 61.4 cm³/mol. The fourth-order valence-corrected chi connectivity index (χ4v) is 2.29. The highest BCUT2D eigenvalue weighted by Crippen LogP contribution is 2.18. The number of sulfonamides is 1. The van der Waals surface area contributed by atoms with Crippen molar-refractivity contribution < 1.29 is 8.42 Å². The molecule has 90 valence electrons. The number of nitrogens with one attached hydrogen (secondary N) is 3. The Balaban J connectivity index is 2.38. The number of hydrazine groups is 1. The van der Waals surface area contributed by atoms with Crippen molar-refractivity contribution in [1.29, 1.82) is 0 Å². The molecule has 0 radical (unpaired) electrons. The van der Waals surface area contributed by atoms with Crippen molar-refractivity contribution in [2.24, 2.45) is 5.84 Å². The van der Waals surface area contributed by atoms with Crippen molar-refractivity contribution in [3.05, 3.63) is 30.7 Å². The molecule has 0 saturated carbocycles. The van der Waals surface area contributed by atoms with Crippen molar-refractivity contribution in [3.63, 3.8) is 0 Å². The van der Waals surface area contributed by atoms with Gasteiger partial charge in [0.1, 0.15) is 0 Å². The lowest BCUT2D eigenvalue weighted by atomic mass is 10.4. The van der Waals surface area contributed by atoms with Crippen LogP contribution in [0.1, 0.15) is 0 Å². The second-order valence-electron chi connectivity index (χ2n) is 3.04. The SMILES string of the molecule is NNc1cccnc1S(=O)(=O)Nc1ncc[nH]1. The van der Waals surface area contributed by atoms with Crippen LogP contribution in [0.5, 0.6) is 0 Å². The number of imidazole rings is 1. The lowest BCUT2D eigenvalue weighted by molar-refractivity contribution is 0.597. The predicted octanol–water partition coefficient (Wildman–Crippen LogP) is -0.109. The van der Waals surface area contributed by atoms with E-state index in [0.717, 1.165) is 0 Å². The fourth-order valence-electron chi connectivity index (χ4n) is 1.21. The van der Waals surface area contributed by atoms with Crippen molar-refractivity contribution in [1.82, 2.24) is 15.0 Å². The third kappa shape index (κ3) is 2.34. The molecule has 17 heavy (non-hydrogen) atoms. The van der Waals surface area contributed by atoms with Gasteiger partial charge < -0.3 is 10.4 Å². The first-order valence-corrected chi connectivity index (χ1v) is 6.05. The van der Waals surface area contributed by atoms with E-state index in [0.29, 0.717) is 0 Å². The van der Waals surface area contributed by atoms with E-state index in [1.165, 1.54) is 24.7 Å². The summed E-state index contributed by atoms with van der Waals surface area (Å²) in [6, 6.07) is 3.07. The number of pyridine rings is 1. The molecule has 0 bridgehead atoms. The molecular weight excluding hydrogens is 244 g/mol. The lowest BCUT2D eigenvalue weighted by Crippen LogP contribution is -2.19. The highest BCUT2D eigenvalue weighted by Gasteiger charge is 2.20. The Morgan fingerprint density at radius 2 is 2.12 bits per heavy atom. The van der Waals surface area contributed by atoms with Crippen LogP contribution in [-0.2, 0) is 10.0 Å². The normalized spacial score (nSPS) is 11.1. The summed E-state index contributed by atoms with van der Waals surface area (Å²) < 4.78 is 26.1. The second-order valence-corrected chi connectivity index (χ2v) is 4.64. The molecule has 2 aromatic heterocycles. The molecule has 0 aliphatic heterocycles. The summed E-state index contributed by atoms with van der Waals surface area (Å²) in [7, 11) is -3.82. The third-order valence-electron chi connectivity index (χ3n) is 1.91. The Morgan fingerprint density at radius 1 is 1.29 bits per heavy atom. The first kappa shape index (κ1) is 11.4. The van der Waals surface area contributed by atoms with Gasteiger partial charge in [0.2, 0.25) is 11.0 Å². The van der Waals surface area contributed by atoms with E-state index in [2.05, 4.69) is 25.1 Å². The molecule has 2 aromatic rings. The van der Waals surface area contributed by atoms with E-state index in [9.17, 15) is 8.42 Å². The van der Waals surface area contributed by atoms with Crippen LogP contribution in [-0.4, -0.2) is 23.4 Å². The zero-order valence-electron chi connectivity index (χ0n) is 8.58. The zero-order chi connectivity index (χ0) is 12.3. The second kappa shape index (κ2) is 4.39. The van der Waals surface area contributed by atoms with Crippen molar-refractivity contribution >= 4 is 21.7 Å². The van der Waals surface area contributed by atoms with E-state index in [1.54, 1.807) is 6.07 Å². The van der Waals surface area contributed by atoms with E-state index >= 15 is 0 Å². The first-order chi connectivity index (χ1) is 8.13. The average molecular weight is 254 g/mol.